The number of hydrogen-bond acceptors (Lipinski definition) is 4. The van der Waals surface area contributed by atoms with Gasteiger partial charge < -0.3 is 0 Å². The van der Waals surface area contributed by atoms with Gasteiger partial charge in [-0.3, -0.25) is 4.98 Å². The predicted octanol–water partition coefficient (Wildman–Crippen LogP) is 3.59. The Bertz CT molecular complexity index is 1120. The predicted molar refractivity (Wildman–Crippen MR) is 105 cm³/mol. The summed E-state index contributed by atoms with van der Waals surface area (Å²) in [6.45, 7) is 2.09. The first-order chi connectivity index (χ1) is 13.4. The van der Waals surface area contributed by atoms with Crippen molar-refractivity contribution in [3.63, 3.8) is 0 Å². The SMILES string of the molecule is CC1(c2ccccc2)CN(S(=O)(=O)c2cccnc2)N=C1c1ccc(F)cc1. The van der Waals surface area contributed by atoms with E-state index < -0.39 is 15.4 Å². The van der Waals surface area contributed by atoms with Crippen LogP contribution in [0.4, 0.5) is 4.39 Å². The van der Waals surface area contributed by atoms with Gasteiger partial charge in [-0.15, -0.1) is 0 Å². The molecule has 1 aliphatic heterocycles. The summed E-state index contributed by atoms with van der Waals surface area (Å²) in [6.07, 6.45) is 2.82. The van der Waals surface area contributed by atoms with Crippen molar-refractivity contribution >= 4 is 15.7 Å². The van der Waals surface area contributed by atoms with Crippen molar-refractivity contribution in [2.75, 3.05) is 6.54 Å². The third kappa shape index (κ3) is 3.07. The van der Waals surface area contributed by atoms with Crippen molar-refractivity contribution in [3.8, 4) is 0 Å². The molecule has 142 valence electrons. The van der Waals surface area contributed by atoms with Crippen molar-refractivity contribution in [1.82, 2.24) is 9.40 Å². The summed E-state index contributed by atoms with van der Waals surface area (Å²) in [7, 11) is -3.86. The van der Waals surface area contributed by atoms with E-state index in [0.717, 1.165) is 9.98 Å². The normalized spacial score (nSPS) is 19.5. The average molecular weight is 395 g/mol. The number of rotatable bonds is 4. The first-order valence-corrected chi connectivity index (χ1v) is 10.2. The Hall–Kier alpha value is -3.06. The largest absolute Gasteiger partial charge is 0.280 e. The minimum atomic E-state index is -3.86. The Morgan fingerprint density at radius 1 is 1.00 bits per heavy atom. The first-order valence-electron chi connectivity index (χ1n) is 8.74. The molecular weight excluding hydrogens is 377 g/mol. The molecule has 0 aliphatic carbocycles. The lowest BCUT2D eigenvalue weighted by Crippen LogP contribution is -2.37. The Morgan fingerprint density at radius 2 is 1.71 bits per heavy atom. The third-order valence-corrected chi connectivity index (χ3v) is 6.53. The number of halogens is 1. The molecule has 2 aromatic carbocycles. The Balaban J connectivity index is 1.85. The second kappa shape index (κ2) is 6.83. The van der Waals surface area contributed by atoms with Crippen molar-refractivity contribution in [3.05, 3.63) is 96.1 Å². The van der Waals surface area contributed by atoms with Crippen molar-refractivity contribution in [2.24, 2.45) is 5.10 Å². The van der Waals surface area contributed by atoms with Crippen LogP contribution in [0.2, 0.25) is 0 Å². The number of benzene rings is 2. The van der Waals surface area contributed by atoms with Crippen LogP contribution < -0.4 is 0 Å². The molecule has 0 radical (unpaired) electrons. The quantitative estimate of drug-likeness (QED) is 0.678. The molecule has 1 unspecified atom stereocenters. The molecule has 4 rings (SSSR count). The highest BCUT2D eigenvalue weighted by Gasteiger charge is 2.44. The number of pyridine rings is 1. The van der Waals surface area contributed by atoms with Crippen LogP contribution in [0.15, 0.2) is 89.1 Å². The molecule has 1 atom stereocenters. The standard InChI is InChI=1S/C21H18FN3O2S/c1-21(17-6-3-2-4-7-17)15-25(28(26,27)19-8-5-13-23-14-19)24-20(21)16-9-11-18(22)12-10-16/h2-14H,15H2,1H3. The number of aromatic nitrogens is 1. The molecule has 0 spiro atoms. The monoisotopic (exact) mass is 395 g/mol. The van der Waals surface area contributed by atoms with E-state index in [-0.39, 0.29) is 17.3 Å². The van der Waals surface area contributed by atoms with E-state index in [1.54, 1.807) is 18.2 Å². The van der Waals surface area contributed by atoms with E-state index >= 15 is 0 Å². The number of nitrogens with zero attached hydrogens (tertiary/aromatic N) is 3. The fraction of sp³-hybridized carbons (Fsp3) is 0.143. The van der Waals surface area contributed by atoms with Crippen molar-refractivity contribution in [2.45, 2.75) is 17.2 Å². The average Bonchev–Trinajstić information content (AvgIpc) is 3.09. The molecule has 1 aliphatic rings. The highest BCUT2D eigenvalue weighted by Crippen LogP contribution is 2.37. The smallest absolute Gasteiger partial charge is 0.263 e. The minimum absolute atomic E-state index is 0.0783. The summed E-state index contributed by atoms with van der Waals surface area (Å²) in [5.74, 6) is -0.358. The van der Waals surface area contributed by atoms with Gasteiger partial charge in [-0.1, -0.05) is 42.5 Å². The van der Waals surface area contributed by atoms with Gasteiger partial charge in [0.25, 0.3) is 10.0 Å². The lowest BCUT2D eigenvalue weighted by atomic mass is 9.76. The highest BCUT2D eigenvalue weighted by atomic mass is 32.2. The van der Waals surface area contributed by atoms with E-state index in [4.69, 9.17) is 0 Å². The number of hydrogen-bond donors (Lipinski definition) is 0. The van der Waals surface area contributed by atoms with Crippen LogP contribution >= 0.6 is 0 Å². The maximum absolute atomic E-state index is 13.4. The lowest BCUT2D eigenvalue weighted by molar-refractivity contribution is 0.418. The summed E-state index contributed by atoms with van der Waals surface area (Å²) in [5.41, 5.74) is 1.50. The van der Waals surface area contributed by atoms with E-state index in [1.807, 2.05) is 37.3 Å². The summed E-state index contributed by atoms with van der Waals surface area (Å²) < 4.78 is 40.7. The first kappa shape index (κ1) is 18.3. The molecule has 7 heteroatoms. The van der Waals surface area contributed by atoms with Gasteiger partial charge in [0, 0.05) is 12.4 Å². The highest BCUT2D eigenvalue weighted by molar-refractivity contribution is 7.89. The Labute approximate surface area is 163 Å². The van der Waals surface area contributed by atoms with Gasteiger partial charge in [-0.25, -0.2) is 4.39 Å². The van der Waals surface area contributed by atoms with Gasteiger partial charge in [-0.05, 0) is 42.3 Å². The fourth-order valence-electron chi connectivity index (χ4n) is 3.38. The Morgan fingerprint density at radius 3 is 2.36 bits per heavy atom. The van der Waals surface area contributed by atoms with Crippen molar-refractivity contribution < 1.29 is 12.8 Å². The van der Waals surface area contributed by atoms with Crippen LogP contribution in [0.25, 0.3) is 0 Å². The molecule has 2 heterocycles. The molecule has 28 heavy (non-hydrogen) atoms. The molecular formula is C21H18FN3O2S. The molecule has 0 amide bonds. The Kier molecular flexibility index (Phi) is 4.47. The molecule has 0 fully saturated rings. The zero-order valence-corrected chi connectivity index (χ0v) is 16.0. The summed E-state index contributed by atoms with van der Waals surface area (Å²) in [6, 6.07) is 18.6. The molecule has 0 bridgehead atoms. The zero-order valence-electron chi connectivity index (χ0n) is 15.2. The topological polar surface area (TPSA) is 62.6 Å². The summed E-state index contributed by atoms with van der Waals surface area (Å²) >= 11 is 0. The van der Waals surface area contributed by atoms with Crippen LogP contribution in [-0.4, -0.2) is 30.1 Å². The lowest BCUT2D eigenvalue weighted by Gasteiger charge is -2.27. The van der Waals surface area contributed by atoms with Crippen LogP contribution in [0, 0.1) is 5.82 Å². The maximum Gasteiger partial charge on any atom is 0.280 e. The molecule has 5 nitrogen and oxygen atoms in total. The van der Waals surface area contributed by atoms with Gasteiger partial charge in [0.2, 0.25) is 0 Å². The van der Waals surface area contributed by atoms with E-state index in [9.17, 15) is 12.8 Å². The van der Waals surface area contributed by atoms with E-state index in [0.29, 0.717) is 11.3 Å². The van der Waals surface area contributed by atoms with Gasteiger partial charge in [-0.2, -0.15) is 17.9 Å². The number of sulfonamides is 1. The summed E-state index contributed by atoms with van der Waals surface area (Å²) in [4.78, 5) is 3.99. The third-order valence-electron chi connectivity index (χ3n) is 4.92. The van der Waals surface area contributed by atoms with Gasteiger partial charge in [0.15, 0.2) is 0 Å². The molecule has 0 saturated heterocycles. The van der Waals surface area contributed by atoms with Gasteiger partial charge in [0.05, 0.1) is 17.7 Å². The fourth-order valence-corrected chi connectivity index (χ4v) is 4.69. The van der Waals surface area contributed by atoms with E-state index in [1.165, 1.54) is 30.6 Å². The van der Waals surface area contributed by atoms with Crippen LogP contribution in [0.5, 0.6) is 0 Å². The second-order valence-corrected chi connectivity index (χ2v) is 8.67. The molecule has 0 N–H and O–H groups in total. The van der Waals surface area contributed by atoms with Crippen LogP contribution in [0.3, 0.4) is 0 Å². The maximum atomic E-state index is 13.4. The van der Waals surface area contributed by atoms with Gasteiger partial charge in [0.1, 0.15) is 10.7 Å². The molecule has 3 aromatic rings. The minimum Gasteiger partial charge on any atom is -0.263 e. The second-order valence-electron chi connectivity index (χ2n) is 6.83. The van der Waals surface area contributed by atoms with Crippen molar-refractivity contribution in [1.29, 1.82) is 0 Å². The van der Waals surface area contributed by atoms with Crippen LogP contribution in [-0.2, 0) is 15.4 Å². The molecule has 0 saturated carbocycles. The van der Waals surface area contributed by atoms with Gasteiger partial charge >= 0.3 is 0 Å². The van der Waals surface area contributed by atoms with E-state index in [2.05, 4.69) is 10.1 Å². The van der Waals surface area contributed by atoms with Crippen LogP contribution in [0.1, 0.15) is 18.1 Å². The molecule has 1 aromatic heterocycles. The zero-order chi connectivity index (χ0) is 19.8. The summed E-state index contributed by atoms with van der Waals surface area (Å²) in [5, 5.41) is 4.48. The number of hydrazone groups is 1.